The zero-order valence-corrected chi connectivity index (χ0v) is 15.8. The molecule has 4 rings (SSSR count). The summed E-state index contributed by atoms with van der Waals surface area (Å²) in [5.41, 5.74) is 2.52. The SMILES string of the molecule is Cc1ccc(C(O)=C2C(=O)C(=O)N(C[C@H]3CCCO3)[C@H]2c2ccccc2)cc1. The molecule has 144 valence electrons. The number of hydrogen-bond donors (Lipinski definition) is 1. The van der Waals surface area contributed by atoms with Crippen LogP contribution in [0, 0.1) is 6.92 Å². The molecule has 28 heavy (non-hydrogen) atoms. The number of aliphatic hydroxyl groups excluding tert-OH is 1. The molecule has 1 amide bonds. The van der Waals surface area contributed by atoms with E-state index in [2.05, 4.69) is 0 Å². The number of amides is 1. The van der Waals surface area contributed by atoms with Gasteiger partial charge >= 0.3 is 0 Å². The Morgan fingerprint density at radius 1 is 1.11 bits per heavy atom. The average Bonchev–Trinajstić information content (AvgIpc) is 3.31. The molecule has 2 aromatic rings. The summed E-state index contributed by atoms with van der Waals surface area (Å²) in [6, 6.07) is 16.0. The molecule has 2 aliphatic heterocycles. The average molecular weight is 377 g/mol. The molecule has 0 saturated carbocycles. The fourth-order valence-corrected chi connectivity index (χ4v) is 3.92. The monoisotopic (exact) mass is 377 g/mol. The molecular formula is C23H23NO4. The number of carbonyl (C=O) groups is 2. The van der Waals surface area contributed by atoms with Crippen molar-refractivity contribution in [1.82, 2.24) is 4.90 Å². The number of hydrogen-bond acceptors (Lipinski definition) is 4. The van der Waals surface area contributed by atoms with Crippen molar-refractivity contribution in [3.05, 3.63) is 76.9 Å². The standard InChI is InChI=1S/C23H23NO4/c1-15-9-11-17(12-10-15)21(25)19-20(16-6-3-2-4-7-16)24(23(27)22(19)26)14-18-8-5-13-28-18/h2-4,6-7,9-12,18,20,25H,5,8,13-14H2,1H3/t18-,20+/m1/s1. The molecule has 5 nitrogen and oxygen atoms in total. The Kier molecular flexibility index (Phi) is 5.01. The van der Waals surface area contributed by atoms with E-state index in [1.165, 1.54) is 0 Å². The quantitative estimate of drug-likeness (QED) is 0.502. The first-order valence-electron chi connectivity index (χ1n) is 9.58. The van der Waals surface area contributed by atoms with Crippen LogP contribution < -0.4 is 0 Å². The Morgan fingerprint density at radius 2 is 1.82 bits per heavy atom. The number of carbonyl (C=O) groups excluding carboxylic acids is 2. The number of nitrogens with zero attached hydrogens (tertiary/aromatic N) is 1. The van der Waals surface area contributed by atoms with E-state index >= 15 is 0 Å². The molecule has 2 saturated heterocycles. The van der Waals surface area contributed by atoms with E-state index in [9.17, 15) is 14.7 Å². The van der Waals surface area contributed by atoms with Gasteiger partial charge in [0, 0.05) is 18.7 Å². The number of rotatable bonds is 4. The summed E-state index contributed by atoms with van der Waals surface area (Å²) in [4.78, 5) is 27.3. The fourth-order valence-electron chi connectivity index (χ4n) is 3.92. The number of likely N-dealkylation sites (tertiary alicyclic amines) is 1. The normalized spacial score (nSPS) is 24.1. The van der Waals surface area contributed by atoms with Crippen molar-refractivity contribution in [2.75, 3.05) is 13.2 Å². The number of benzene rings is 2. The maximum atomic E-state index is 12.9. The van der Waals surface area contributed by atoms with Crippen molar-refractivity contribution in [1.29, 1.82) is 0 Å². The van der Waals surface area contributed by atoms with Gasteiger partial charge in [0.2, 0.25) is 0 Å². The van der Waals surface area contributed by atoms with Crippen molar-refractivity contribution >= 4 is 17.4 Å². The summed E-state index contributed by atoms with van der Waals surface area (Å²) in [5, 5.41) is 11.0. The highest BCUT2D eigenvalue weighted by molar-refractivity contribution is 6.46. The second kappa shape index (κ2) is 7.60. The lowest BCUT2D eigenvalue weighted by atomic mass is 9.95. The largest absolute Gasteiger partial charge is 0.507 e. The zero-order chi connectivity index (χ0) is 19.7. The molecule has 0 bridgehead atoms. The third-order valence-corrected chi connectivity index (χ3v) is 5.40. The topological polar surface area (TPSA) is 66.8 Å². The van der Waals surface area contributed by atoms with Crippen LogP contribution in [0.2, 0.25) is 0 Å². The fraction of sp³-hybridized carbons (Fsp3) is 0.304. The highest BCUT2D eigenvalue weighted by Crippen LogP contribution is 2.39. The molecule has 5 heteroatoms. The molecule has 1 N–H and O–H groups in total. The van der Waals surface area contributed by atoms with E-state index in [0.29, 0.717) is 18.7 Å². The van der Waals surface area contributed by atoms with Gasteiger partial charge in [-0.1, -0.05) is 60.2 Å². The molecule has 2 atom stereocenters. The summed E-state index contributed by atoms with van der Waals surface area (Å²) in [7, 11) is 0. The molecule has 2 heterocycles. The molecule has 2 aromatic carbocycles. The van der Waals surface area contributed by atoms with Crippen molar-refractivity contribution in [2.45, 2.75) is 31.9 Å². The molecule has 0 radical (unpaired) electrons. The first-order chi connectivity index (χ1) is 13.6. The molecule has 2 aliphatic rings. The highest BCUT2D eigenvalue weighted by Gasteiger charge is 2.46. The lowest BCUT2D eigenvalue weighted by molar-refractivity contribution is -0.140. The van der Waals surface area contributed by atoms with Gasteiger partial charge in [0.05, 0.1) is 17.7 Å². The molecule has 2 fully saturated rings. The molecule has 0 unspecified atom stereocenters. The molecule has 0 aliphatic carbocycles. The van der Waals surface area contributed by atoms with Gasteiger partial charge in [0.15, 0.2) is 0 Å². The van der Waals surface area contributed by atoms with Crippen molar-refractivity contribution in [2.24, 2.45) is 0 Å². The van der Waals surface area contributed by atoms with Crippen LogP contribution in [0.4, 0.5) is 0 Å². The maximum absolute atomic E-state index is 12.9. The number of ether oxygens (including phenoxy) is 1. The van der Waals surface area contributed by atoms with Crippen LogP contribution in [0.15, 0.2) is 60.2 Å². The number of Topliss-reactive ketones (excluding diaryl/α,β-unsaturated/α-hetero) is 1. The van der Waals surface area contributed by atoms with E-state index in [0.717, 1.165) is 24.0 Å². The second-order valence-corrected chi connectivity index (χ2v) is 7.36. The van der Waals surface area contributed by atoms with Crippen LogP contribution in [0.1, 0.15) is 35.6 Å². The van der Waals surface area contributed by atoms with Crippen molar-refractivity contribution < 1.29 is 19.4 Å². The summed E-state index contributed by atoms with van der Waals surface area (Å²) >= 11 is 0. The number of ketones is 1. The Morgan fingerprint density at radius 3 is 2.46 bits per heavy atom. The summed E-state index contributed by atoms with van der Waals surface area (Å²) < 4.78 is 5.69. The first kappa shape index (κ1) is 18.4. The van der Waals surface area contributed by atoms with Gasteiger partial charge in [-0.25, -0.2) is 0 Å². The van der Waals surface area contributed by atoms with Crippen LogP contribution in [0.25, 0.3) is 5.76 Å². The van der Waals surface area contributed by atoms with Crippen LogP contribution >= 0.6 is 0 Å². The van der Waals surface area contributed by atoms with E-state index < -0.39 is 17.7 Å². The third kappa shape index (κ3) is 3.34. The van der Waals surface area contributed by atoms with Gasteiger partial charge in [-0.3, -0.25) is 9.59 Å². The van der Waals surface area contributed by atoms with Crippen LogP contribution in [0.3, 0.4) is 0 Å². The Labute approximate surface area is 164 Å². The number of aliphatic hydroxyl groups is 1. The predicted molar refractivity (Wildman–Crippen MR) is 106 cm³/mol. The van der Waals surface area contributed by atoms with Gasteiger partial charge < -0.3 is 14.7 Å². The molecule has 0 spiro atoms. The summed E-state index contributed by atoms with van der Waals surface area (Å²) in [6.07, 6.45) is 1.74. The molecular weight excluding hydrogens is 354 g/mol. The second-order valence-electron chi connectivity index (χ2n) is 7.36. The van der Waals surface area contributed by atoms with Crippen LogP contribution in [-0.2, 0) is 14.3 Å². The predicted octanol–water partition coefficient (Wildman–Crippen LogP) is 3.60. The van der Waals surface area contributed by atoms with E-state index in [-0.39, 0.29) is 17.4 Å². The minimum absolute atomic E-state index is 0.0798. The maximum Gasteiger partial charge on any atom is 0.295 e. The van der Waals surface area contributed by atoms with Gasteiger partial charge in [0.25, 0.3) is 11.7 Å². The minimum Gasteiger partial charge on any atom is -0.507 e. The van der Waals surface area contributed by atoms with E-state index in [1.54, 1.807) is 17.0 Å². The Bertz CT molecular complexity index is 911. The van der Waals surface area contributed by atoms with Gasteiger partial charge in [0.1, 0.15) is 5.76 Å². The van der Waals surface area contributed by atoms with Gasteiger partial charge in [-0.2, -0.15) is 0 Å². The van der Waals surface area contributed by atoms with Crippen molar-refractivity contribution in [3.8, 4) is 0 Å². The lowest BCUT2D eigenvalue weighted by Crippen LogP contribution is -2.36. The summed E-state index contributed by atoms with van der Waals surface area (Å²) in [6.45, 7) is 2.97. The zero-order valence-electron chi connectivity index (χ0n) is 15.8. The Hall–Kier alpha value is -2.92. The van der Waals surface area contributed by atoms with Gasteiger partial charge in [-0.05, 0) is 25.3 Å². The lowest BCUT2D eigenvalue weighted by Gasteiger charge is -2.27. The van der Waals surface area contributed by atoms with Crippen molar-refractivity contribution in [3.63, 3.8) is 0 Å². The Balaban J connectivity index is 1.80. The highest BCUT2D eigenvalue weighted by atomic mass is 16.5. The first-order valence-corrected chi connectivity index (χ1v) is 9.58. The van der Waals surface area contributed by atoms with Crippen LogP contribution in [0.5, 0.6) is 0 Å². The van der Waals surface area contributed by atoms with E-state index in [4.69, 9.17) is 4.74 Å². The van der Waals surface area contributed by atoms with Gasteiger partial charge in [-0.15, -0.1) is 0 Å². The van der Waals surface area contributed by atoms with E-state index in [1.807, 2.05) is 49.4 Å². The summed E-state index contributed by atoms with van der Waals surface area (Å²) in [5.74, 6) is -1.37. The van der Waals surface area contributed by atoms with Crippen LogP contribution in [-0.4, -0.2) is 41.0 Å². The third-order valence-electron chi connectivity index (χ3n) is 5.40. The smallest absolute Gasteiger partial charge is 0.295 e. The molecule has 0 aromatic heterocycles. The minimum atomic E-state index is -0.648. The number of aryl methyl sites for hydroxylation is 1.